The van der Waals surface area contributed by atoms with Crippen LogP contribution in [-0.2, 0) is 4.79 Å². The molecular weight excluding hydrogens is 346 g/mol. The van der Waals surface area contributed by atoms with Crippen LogP contribution in [0.15, 0.2) is 35.1 Å². The number of carbonyl (C=O) groups excluding carboxylic acids is 1. The van der Waals surface area contributed by atoms with Gasteiger partial charge < -0.3 is 14.8 Å². The lowest BCUT2D eigenvalue weighted by atomic mass is 10.1. The summed E-state index contributed by atoms with van der Waals surface area (Å²) in [5, 5.41) is 7.46. The number of nitrogens with one attached hydrogen (secondary N) is 1. The predicted octanol–water partition coefficient (Wildman–Crippen LogP) is 2.55. The maximum Gasteiger partial charge on any atom is 0.271 e. The fraction of sp³-hybridized carbons (Fsp3) is 0.450. The van der Waals surface area contributed by atoms with E-state index in [0.29, 0.717) is 11.4 Å². The van der Waals surface area contributed by atoms with E-state index >= 15 is 0 Å². The van der Waals surface area contributed by atoms with Crippen LogP contribution in [0.25, 0.3) is 11.3 Å². The molecule has 0 saturated heterocycles. The molecule has 1 aromatic carbocycles. The van der Waals surface area contributed by atoms with E-state index in [-0.39, 0.29) is 17.5 Å². The van der Waals surface area contributed by atoms with E-state index in [1.54, 1.807) is 14.0 Å². The third kappa shape index (κ3) is 4.13. The topological polar surface area (TPSA) is 82.5 Å². The smallest absolute Gasteiger partial charge is 0.271 e. The van der Waals surface area contributed by atoms with Gasteiger partial charge in [-0.05, 0) is 44.0 Å². The van der Waals surface area contributed by atoms with Crippen LogP contribution in [0.3, 0.4) is 0 Å². The third-order valence-electron chi connectivity index (χ3n) is 4.95. The second-order valence-corrected chi connectivity index (χ2v) is 6.74. The molecule has 1 N–H and O–H groups in total. The zero-order valence-electron chi connectivity index (χ0n) is 15.9. The summed E-state index contributed by atoms with van der Waals surface area (Å²) in [6.07, 6.45) is 4.23. The molecule has 1 amide bonds. The van der Waals surface area contributed by atoms with Crippen LogP contribution >= 0.6 is 0 Å². The van der Waals surface area contributed by atoms with Crippen LogP contribution < -0.4 is 20.3 Å². The van der Waals surface area contributed by atoms with E-state index in [4.69, 9.17) is 9.47 Å². The van der Waals surface area contributed by atoms with Gasteiger partial charge in [0.25, 0.3) is 5.56 Å². The minimum Gasteiger partial charge on any atom is -0.497 e. The first-order chi connectivity index (χ1) is 13.0. The van der Waals surface area contributed by atoms with Crippen molar-refractivity contribution in [1.29, 1.82) is 0 Å². The molecule has 1 atom stereocenters. The van der Waals surface area contributed by atoms with Crippen LogP contribution in [-0.4, -0.2) is 35.9 Å². The number of hydrogen-bond acceptors (Lipinski definition) is 5. The van der Waals surface area contributed by atoms with E-state index in [1.165, 1.54) is 17.9 Å². The molecule has 1 heterocycles. The number of carbonyl (C=O) groups is 1. The number of rotatable bonds is 6. The van der Waals surface area contributed by atoms with Crippen molar-refractivity contribution < 1.29 is 14.3 Å². The maximum atomic E-state index is 12.6. The highest BCUT2D eigenvalue weighted by atomic mass is 16.5. The average Bonchev–Trinajstić information content (AvgIpc) is 3.20. The molecule has 1 aliphatic carbocycles. The van der Waals surface area contributed by atoms with Gasteiger partial charge >= 0.3 is 0 Å². The van der Waals surface area contributed by atoms with Gasteiger partial charge in [0.1, 0.15) is 17.5 Å². The van der Waals surface area contributed by atoms with Crippen molar-refractivity contribution >= 4 is 5.91 Å². The van der Waals surface area contributed by atoms with E-state index in [0.717, 1.165) is 37.0 Å². The fourth-order valence-electron chi connectivity index (χ4n) is 3.34. The summed E-state index contributed by atoms with van der Waals surface area (Å²) in [4.78, 5) is 25.1. The summed E-state index contributed by atoms with van der Waals surface area (Å²) in [5.41, 5.74) is 0.892. The number of nitrogens with zero attached hydrogens (tertiary/aromatic N) is 2. The van der Waals surface area contributed by atoms with Gasteiger partial charge in [-0.1, -0.05) is 12.8 Å². The molecule has 27 heavy (non-hydrogen) atoms. The zero-order chi connectivity index (χ0) is 19.4. The van der Waals surface area contributed by atoms with Gasteiger partial charge in [0.2, 0.25) is 5.91 Å². The monoisotopic (exact) mass is 371 g/mol. The molecule has 0 aliphatic heterocycles. The number of methoxy groups -OCH3 is 2. The van der Waals surface area contributed by atoms with Crippen molar-refractivity contribution in [3.8, 4) is 22.8 Å². The number of ether oxygens (including phenoxy) is 2. The quantitative estimate of drug-likeness (QED) is 0.844. The summed E-state index contributed by atoms with van der Waals surface area (Å²) in [6.45, 7) is 1.68. The summed E-state index contributed by atoms with van der Waals surface area (Å²) >= 11 is 0. The molecule has 1 fully saturated rings. The van der Waals surface area contributed by atoms with E-state index < -0.39 is 6.04 Å². The number of benzene rings is 1. The molecule has 7 nitrogen and oxygen atoms in total. The number of amides is 1. The van der Waals surface area contributed by atoms with Gasteiger partial charge in [-0.15, -0.1) is 0 Å². The van der Waals surface area contributed by atoms with Crippen molar-refractivity contribution in [3.63, 3.8) is 0 Å². The summed E-state index contributed by atoms with van der Waals surface area (Å²) < 4.78 is 11.7. The Bertz CT molecular complexity index is 855. The molecule has 0 radical (unpaired) electrons. The highest BCUT2D eigenvalue weighted by molar-refractivity contribution is 5.80. The standard InChI is InChI=1S/C20H25N3O4/c1-13(20(25)21-15-6-4-5-7-15)23-18(24)12-17(27-3)19(22-23)14-8-10-16(26-2)11-9-14/h8-13,15H,4-7H2,1-3H3,(H,21,25)/t13-/m0/s1. The zero-order valence-corrected chi connectivity index (χ0v) is 15.9. The normalized spacial score (nSPS) is 15.4. The van der Waals surface area contributed by atoms with Gasteiger partial charge in [0, 0.05) is 17.7 Å². The average molecular weight is 371 g/mol. The second kappa shape index (κ2) is 8.24. The minimum absolute atomic E-state index is 0.190. The molecule has 2 aromatic rings. The molecule has 0 spiro atoms. The molecule has 1 aromatic heterocycles. The molecule has 7 heteroatoms. The van der Waals surface area contributed by atoms with Crippen LogP contribution in [0.4, 0.5) is 0 Å². The highest BCUT2D eigenvalue weighted by Gasteiger charge is 2.24. The van der Waals surface area contributed by atoms with Crippen LogP contribution in [0.5, 0.6) is 11.5 Å². The first-order valence-corrected chi connectivity index (χ1v) is 9.16. The Morgan fingerprint density at radius 3 is 2.44 bits per heavy atom. The first kappa shape index (κ1) is 18.9. The predicted molar refractivity (Wildman–Crippen MR) is 102 cm³/mol. The molecular formula is C20H25N3O4. The van der Waals surface area contributed by atoms with Crippen molar-refractivity contribution in [2.45, 2.75) is 44.7 Å². The maximum absolute atomic E-state index is 12.6. The van der Waals surface area contributed by atoms with Crippen molar-refractivity contribution in [2.24, 2.45) is 0 Å². The van der Waals surface area contributed by atoms with Gasteiger partial charge in [0.15, 0.2) is 5.75 Å². The Balaban J connectivity index is 1.92. The summed E-state index contributed by atoms with van der Waals surface area (Å²) in [7, 11) is 3.09. The van der Waals surface area contributed by atoms with Gasteiger partial charge in [-0.25, -0.2) is 4.68 Å². The molecule has 0 bridgehead atoms. The van der Waals surface area contributed by atoms with E-state index in [1.807, 2.05) is 24.3 Å². The Hall–Kier alpha value is -2.83. The second-order valence-electron chi connectivity index (χ2n) is 6.74. The van der Waals surface area contributed by atoms with Crippen molar-refractivity contribution in [2.75, 3.05) is 14.2 Å². The van der Waals surface area contributed by atoms with Crippen molar-refractivity contribution in [3.05, 3.63) is 40.7 Å². The van der Waals surface area contributed by atoms with E-state index in [2.05, 4.69) is 10.4 Å². The number of aromatic nitrogens is 2. The van der Waals surface area contributed by atoms with Crippen molar-refractivity contribution in [1.82, 2.24) is 15.1 Å². The minimum atomic E-state index is -0.707. The van der Waals surface area contributed by atoms with E-state index in [9.17, 15) is 9.59 Å². The van der Waals surface area contributed by atoms with Crippen LogP contribution in [0, 0.1) is 0 Å². The van der Waals surface area contributed by atoms with Crippen LogP contribution in [0.1, 0.15) is 38.6 Å². The van der Waals surface area contributed by atoms with Gasteiger partial charge in [-0.3, -0.25) is 9.59 Å². The lowest BCUT2D eigenvalue weighted by Gasteiger charge is -2.19. The Morgan fingerprint density at radius 2 is 1.85 bits per heavy atom. The molecule has 1 aliphatic rings. The lowest BCUT2D eigenvalue weighted by Crippen LogP contribution is -2.41. The SMILES string of the molecule is COc1ccc(-c2nn([C@@H](C)C(=O)NC3CCCC3)c(=O)cc2OC)cc1. The Labute approximate surface area is 158 Å². The summed E-state index contributed by atoms with van der Waals surface area (Å²) in [5.74, 6) is 0.891. The van der Waals surface area contributed by atoms with Crippen LogP contribution in [0.2, 0.25) is 0 Å². The lowest BCUT2D eigenvalue weighted by molar-refractivity contribution is -0.124. The Kier molecular flexibility index (Phi) is 5.78. The Morgan fingerprint density at radius 1 is 1.19 bits per heavy atom. The highest BCUT2D eigenvalue weighted by Crippen LogP contribution is 2.28. The molecule has 0 unspecified atom stereocenters. The van der Waals surface area contributed by atoms with Gasteiger partial charge in [-0.2, -0.15) is 5.10 Å². The fourth-order valence-corrected chi connectivity index (χ4v) is 3.34. The third-order valence-corrected chi connectivity index (χ3v) is 4.95. The van der Waals surface area contributed by atoms with Gasteiger partial charge in [0.05, 0.1) is 14.2 Å². The number of hydrogen-bond donors (Lipinski definition) is 1. The molecule has 3 rings (SSSR count). The molecule has 144 valence electrons. The first-order valence-electron chi connectivity index (χ1n) is 9.16. The summed E-state index contributed by atoms with van der Waals surface area (Å²) in [6, 6.07) is 8.13. The molecule has 1 saturated carbocycles. The largest absolute Gasteiger partial charge is 0.497 e.